The van der Waals surface area contributed by atoms with Crippen molar-refractivity contribution in [3.05, 3.63) is 35.4 Å². The van der Waals surface area contributed by atoms with Crippen LogP contribution < -0.4 is 5.32 Å². The second-order valence-corrected chi connectivity index (χ2v) is 5.24. The Morgan fingerprint density at radius 3 is 2.53 bits per heavy atom. The zero-order valence-electron chi connectivity index (χ0n) is 12.1. The SMILES string of the molecule is CCC(C)C(O)CNC(=O)CCc1ccc(C)cc1. The Hall–Kier alpha value is -1.35. The summed E-state index contributed by atoms with van der Waals surface area (Å²) in [6.45, 7) is 6.42. The first kappa shape index (κ1) is 15.7. The van der Waals surface area contributed by atoms with Gasteiger partial charge in [0.2, 0.25) is 5.91 Å². The van der Waals surface area contributed by atoms with Crippen LogP contribution in [-0.2, 0) is 11.2 Å². The Balaban J connectivity index is 2.26. The number of carbonyl (C=O) groups is 1. The van der Waals surface area contributed by atoms with Crippen molar-refractivity contribution in [3.8, 4) is 0 Å². The zero-order valence-corrected chi connectivity index (χ0v) is 12.1. The maximum absolute atomic E-state index is 11.7. The summed E-state index contributed by atoms with van der Waals surface area (Å²) < 4.78 is 0. The van der Waals surface area contributed by atoms with Crippen LogP contribution in [0.2, 0.25) is 0 Å². The molecule has 2 unspecified atom stereocenters. The molecule has 3 nitrogen and oxygen atoms in total. The third kappa shape index (κ3) is 5.88. The normalized spacial score (nSPS) is 13.9. The lowest BCUT2D eigenvalue weighted by molar-refractivity contribution is -0.121. The van der Waals surface area contributed by atoms with Gasteiger partial charge in [-0.15, -0.1) is 0 Å². The molecule has 0 saturated heterocycles. The van der Waals surface area contributed by atoms with Crippen LogP contribution in [-0.4, -0.2) is 23.7 Å². The summed E-state index contributed by atoms with van der Waals surface area (Å²) in [5.41, 5.74) is 2.40. The van der Waals surface area contributed by atoms with E-state index in [0.717, 1.165) is 12.8 Å². The van der Waals surface area contributed by atoms with Crippen molar-refractivity contribution in [2.24, 2.45) is 5.92 Å². The van der Waals surface area contributed by atoms with Crippen molar-refractivity contribution in [1.29, 1.82) is 0 Å². The minimum Gasteiger partial charge on any atom is -0.391 e. The summed E-state index contributed by atoms with van der Waals surface area (Å²) in [4.78, 5) is 11.7. The molecule has 0 saturated carbocycles. The largest absolute Gasteiger partial charge is 0.391 e. The molecular formula is C16H25NO2. The summed E-state index contributed by atoms with van der Waals surface area (Å²) >= 11 is 0. The maximum atomic E-state index is 11.7. The molecule has 3 heteroatoms. The second kappa shape index (κ2) is 7.95. The van der Waals surface area contributed by atoms with E-state index in [1.165, 1.54) is 11.1 Å². The van der Waals surface area contributed by atoms with Crippen molar-refractivity contribution in [2.75, 3.05) is 6.54 Å². The molecule has 19 heavy (non-hydrogen) atoms. The number of benzene rings is 1. The predicted octanol–water partition coefficient (Wildman–Crippen LogP) is 2.45. The molecule has 1 rings (SSSR count). The van der Waals surface area contributed by atoms with Crippen LogP contribution in [0.3, 0.4) is 0 Å². The minimum absolute atomic E-state index is 0.00271. The molecule has 0 aliphatic rings. The Bertz CT molecular complexity index is 386. The molecule has 106 valence electrons. The van der Waals surface area contributed by atoms with E-state index in [1.54, 1.807) is 0 Å². The van der Waals surface area contributed by atoms with E-state index in [4.69, 9.17) is 0 Å². The fourth-order valence-corrected chi connectivity index (χ4v) is 1.79. The molecule has 1 amide bonds. The number of hydrogen-bond acceptors (Lipinski definition) is 2. The lowest BCUT2D eigenvalue weighted by Gasteiger charge is -2.17. The van der Waals surface area contributed by atoms with E-state index in [1.807, 2.05) is 20.8 Å². The van der Waals surface area contributed by atoms with Crippen LogP contribution in [0.1, 0.15) is 37.8 Å². The highest BCUT2D eigenvalue weighted by Gasteiger charge is 2.13. The average molecular weight is 263 g/mol. The van der Waals surface area contributed by atoms with E-state index < -0.39 is 6.10 Å². The Morgan fingerprint density at radius 2 is 1.95 bits per heavy atom. The fraction of sp³-hybridized carbons (Fsp3) is 0.562. The van der Waals surface area contributed by atoms with Crippen molar-refractivity contribution in [2.45, 2.75) is 46.1 Å². The molecule has 1 aromatic rings. The second-order valence-electron chi connectivity index (χ2n) is 5.24. The third-order valence-electron chi connectivity index (χ3n) is 3.57. The van der Waals surface area contributed by atoms with Crippen LogP contribution in [0.5, 0.6) is 0 Å². The predicted molar refractivity (Wildman–Crippen MR) is 78.0 cm³/mol. The number of hydrogen-bond donors (Lipinski definition) is 2. The van der Waals surface area contributed by atoms with Crippen molar-refractivity contribution >= 4 is 5.91 Å². The minimum atomic E-state index is -0.451. The van der Waals surface area contributed by atoms with Crippen LogP contribution >= 0.6 is 0 Å². The van der Waals surface area contributed by atoms with E-state index in [-0.39, 0.29) is 11.8 Å². The van der Waals surface area contributed by atoms with Crippen LogP contribution in [0.15, 0.2) is 24.3 Å². The Labute approximate surface area is 116 Å². The van der Waals surface area contributed by atoms with E-state index in [9.17, 15) is 9.90 Å². The van der Waals surface area contributed by atoms with Gasteiger partial charge in [0.25, 0.3) is 0 Å². The number of aliphatic hydroxyl groups is 1. The van der Waals surface area contributed by atoms with E-state index >= 15 is 0 Å². The van der Waals surface area contributed by atoms with Gasteiger partial charge in [-0.3, -0.25) is 4.79 Å². The lowest BCUT2D eigenvalue weighted by Crippen LogP contribution is -2.35. The number of aryl methyl sites for hydroxylation is 2. The summed E-state index contributed by atoms with van der Waals surface area (Å²) in [6, 6.07) is 8.22. The van der Waals surface area contributed by atoms with Gasteiger partial charge in [0.1, 0.15) is 0 Å². The van der Waals surface area contributed by atoms with Gasteiger partial charge in [0, 0.05) is 13.0 Å². The number of rotatable bonds is 7. The third-order valence-corrected chi connectivity index (χ3v) is 3.57. The van der Waals surface area contributed by atoms with Crippen LogP contribution in [0.25, 0.3) is 0 Å². The molecule has 2 N–H and O–H groups in total. The van der Waals surface area contributed by atoms with Crippen molar-refractivity contribution in [1.82, 2.24) is 5.32 Å². The summed E-state index contributed by atoms with van der Waals surface area (Å²) in [6.07, 6.45) is 1.68. The zero-order chi connectivity index (χ0) is 14.3. The Morgan fingerprint density at radius 1 is 1.32 bits per heavy atom. The molecule has 2 atom stereocenters. The first-order valence-electron chi connectivity index (χ1n) is 7.03. The Kier molecular flexibility index (Phi) is 6.57. The fourth-order valence-electron chi connectivity index (χ4n) is 1.79. The molecule has 0 spiro atoms. The van der Waals surface area contributed by atoms with Gasteiger partial charge in [-0.05, 0) is 24.8 Å². The number of carbonyl (C=O) groups excluding carboxylic acids is 1. The van der Waals surface area contributed by atoms with Gasteiger partial charge in [0.15, 0.2) is 0 Å². The van der Waals surface area contributed by atoms with Crippen LogP contribution in [0, 0.1) is 12.8 Å². The summed E-state index contributed by atoms with van der Waals surface area (Å²) in [7, 11) is 0. The molecular weight excluding hydrogens is 238 g/mol. The van der Waals surface area contributed by atoms with Gasteiger partial charge in [-0.25, -0.2) is 0 Å². The van der Waals surface area contributed by atoms with Gasteiger partial charge in [-0.1, -0.05) is 50.1 Å². The quantitative estimate of drug-likeness (QED) is 0.794. The molecule has 1 aromatic carbocycles. The van der Waals surface area contributed by atoms with E-state index in [2.05, 4.69) is 29.6 Å². The van der Waals surface area contributed by atoms with Crippen molar-refractivity contribution < 1.29 is 9.90 Å². The molecule has 0 fully saturated rings. The summed E-state index contributed by atoms with van der Waals surface area (Å²) in [5, 5.41) is 12.6. The first-order chi connectivity index (χ1) is 9.02. The average Bonchev–Trinajstić information content (AvgIpc) is 2.43. The smallest absolute Gasteiger partial charge is 0.220 e. The molecule has 0 radical (unpaired) electrons. The topological polar surface area (TPSA) is 49.3 Å². The van der Waals surface area contributed by atoms with E-state index in [0.29, 0.717) is 13.0 Å². The van der Waals surface area contributed by atoms with Gasteiger partial charge < -0.3 is 10.4 Å². The van der Waals surface area contributed by atoms with Crippen molar-refractivity contribution in [3.63, 3.8) is 0 Å². The monoisotopic (exact) mass is 263 g/mol. The number of amides is 1. The molecule has 0 aliphatic carbocycles. The van der Waals surface area contributed by atoms with Gasteiger partial charge in [-0.2, -0.15) is 0 Å². The molecule has 0 aliphatic heterocycles. The highest BCUT2D eigenvalue weighted by Crippen LogP contribution is 2.07. The standard InChI is InChI=1S/C16H25NO2/c1-4-13(3)15(18)11-17-16(19)10-9-14-7-5-12(2)6-8-14/h5-8,13,15,18H,4,9-11H2,1-3H3,(H,17,19). The van der Waals surface area contributed by atoms with Gasteiger partial charge >= 0.3 is 0 Å². The molecule has 0 heterocycles. The van der Waals surface area contributed by atoms with Crippen LogP contribution in [0.4, 0.5) is 0 Å². The van der Waals surface area contributed by atoms with Gasteiger partial charge in [0.05, 0.1) is 6.10 Å². The number of nitrogens with one attached hydrogen (secondary N) is 1. The maximum Gasteiger partial charge on any atom is 0.220 e. The molecule has 0 aromatic heterocycles. The highest BCUT2D eigenvalue weighted by atomic mass is 16.3. The first-order valence-corrected chi connectivity index (χ1v) is 7.03. The highest BCUT2D eigenvalue weighted by molar-refractivity contribution is 5.76. The lowest BCUT2D eigenvalue weighted by atomic mass is 10.0. The number of aliphatic hydroxyl groups excluding tert-OH is 1. The molecule has 0 bridgehead atoms. The summed E-state index contributed by atoms with van der Waals surface area (Å²) in [5.74, 6) is 0.223.